The molecule has 0 amide bonds. The molecule has 1 saturated carbocycles. The average molecular weight is 270 g/mol. The normalized spacial score (nSPS) is 22.8. The molecule has 2 atom stereocenters. The summed E-state index contributed by atoms with van der Waals surface area (Å²) in [5.41, 5.74) is 2.30. The number of anilines is 1. The first-order chi connectivity index (χ1) is 8.58. The molecule has 6 nitrogen and oxygen atoms in total. The van der Waals surface area contributed by atoms with Gasteiger partial charge < -0.3 is 5.43 Å². The van der Waals surface area contributed by atoms with Gasteiger partial charge in [0.25, 0.3) is 0 Å². The first-order valence-electron chi connectivity index (χ1n) is 6.02. The highest BCUT2D eigenvalue weighted by Gasteiger charge is 2.39. The monoisotopic (exact) mass is 270 g/mol. The van der Waals surface area contributed by atoms with E-state index < -0.39 is 10.0 Å². The first kappa shape index (κ1) is 13.3. The fourth-order valence-corrected chi connectivity index (χ4v) is 3.50. The van der Waals surface area contributed by atoms with E-state index in [9.17, 15) is 8.42 Å². The molecule has 7 heteroatoms. The Kier molecular flexibility index (Phi) is 3.84. The van der Waals surface area contributed by atoms with Crippen LogP contribution in [0.5, 0.6) is 0 Å². The maximum absolute atomic E-state index is 12.2. The van der Waals surface area contributed by atoms with Crippen LogP contribution >= 0.6 is 0 Å². The molecule has 1 aliphatic carbocycles. The standard InChI is InChI=1S/C11H18N4O2S/c1-2-4-8-7-9(8)15-18(16,17)10-5-3-6-13-11(10)14-12/h3,5-6,8-9,15H,2,4,7,12H2,1H3,(H,13,14). The fraction of sp³-hybridized carbons (Fsp3) is 0.545. The summed E-state index contributed by atoms with van der Waals surface area (Å²) in [5.74, 6) is 5.90. The Morgan fingerprint density at radius 3 is 3.00 bits per heavy atom. The predicted molar refractivity (Wildman–Crippen MR) is 69.2 cm³/mol. The Morgan fingerprint density at radius 1 is 1.56 bits per heavy atom. The maximum Gasteiger partial charge on any atom is 0.244 e. The number of pyridine rings is 1. The van der Waals surface area contributed by atoms with E-state index in [-0.39, 0.29) is 16.8 Å². The molecule has 1 aromatic rings. The molecule has 1 fully saturated rings. The minimum absolute atomic E-state index is 0.0563. The van der Waals surface area contributed by atoms with Crippen LogP contribution in [0.1, 0.15) is 26.2 Å². The lowest BCUT2D eigenvalue weighted by atomic mass is 10.2. The third-order valence-electron chi connectivity index (χ3n) is 3.09. The zero-order valence-electron chi connectivity index (χ0n) is 10.3. The van der Waals surface area contributed by atoms with Gasteiger partial charge in [-0.3, -0.25) is 0 Å². The van der Waals surface area contributed by atoms with E-state index in [1.807, 2.05) is 0 Å². The van der Waals surface area contributed by atoms with Gasteiger partial charge >= 0.3 is 0 Å². The minimum Gasteiger partial charge on any atom is -0.307 e. The lowest BCUT2D eigenvalue weighted by molar-refractivity contribution is 0.573. The predicted octanol–water partition coefficient (Wildman–Crippen LogP) is 0.834. The smallest absolute Gasteiger partial charge is 0.244 e. The SMILES string of the molecule is CCCC1CC1NS(=O)(=O)c1cccnc1NN. The van der Waals surface area contributed by atoms with Crippen LogP contribution in [0, 0.1) is 5.92 Å². The molecule has 2 unspecified atom stereocenters. The highest BCUT2D eigenvalue weighted by Crippen LogP contribution is 2.36. The van der Waals surface area contributed by atoms with Crippen molar-refractivity contribution in [2.45, 2.75) is 37.1 Å². The molecule has 2 rings (SSSR count). The Balaban J connectivity index is 2.12. The quantitative estimate of drug-likeness (QED) is 0.525. The maximum atomic E-state index is 12.2. The van der Waals surface area contributed by atoms with Crippen LogP contribution in [0.2, 0.25) is 0 Å². The molecule has 0 aromatic carbocycles. The van der Waals surface area contributed by atoms with E-state index in [1.165, 1.54) is 12.3 Å². The lowest BCUT2D eigenvalue weighted by Crippen LogP contribution is -2.28. The Bertz CT molecular complexity index is 518. The number of hydrogen-bond donors (Lipinski definition) is 3. The number of nitrogen functional groups attached to an aromatic ring is 1. The van der Waals surface area contributed by atoms with Crippen molar-refractivity contribution in [1.29, 1.82) is 0 Å². The molecule has 1 aromatic heterocycles. The summed E-state index contributed by atoms with van der Waals surface area (Å²) in [5, 5.41) is 0. The summed E-state index contributed by atoms with van der Waals surface area (Å²) in [4.78, 5) is 3.98. The molecule has 1 aliphatic rings. The van der Waals surface area contributed by atoms with Gasteiger partial charge in [0.05, 0.1) is 0 Å². The van der Waals surface area contributed by atoms with Gasteiger partial charge in [-0.1, -0.05) is 13.3 Å². The Hall–Kier alpha value is -1.18. The number of aromatic nitrogens is 1. The summed E-state index contributed by atoms with van der Waals surface area (Å²) in [6.07, 6.45) is 4.54. The van der Waals surface area contributed by atoms with Crippen molar-refractivity contribution in [3.05, 3.63) is 18.3 Å². The van der Waals surface area contributed by atoms with Crippen LogP contribution in [-0.2, 0) is 10.0 Å². The van der Waals surface area contributed by atoms with Crippen LogP contribution in [-0.4, -0.2) is 19.4 Å². The summed E-state index contributed by atoms with van der Waals surface area (Å²) < 4.78 is 27.0. The molecule has 0 saturated heterocycles. The largest absolute Gasteiger partial charge is 0.307 e. The third-order valence-corrected chi connectivity index (χ3v) is 4.61. The second-order valence-electron chi connectivity index (χ2n) is 4.51. The molecule has 0 radical (unpaired) electrons. The van der Waals surface area contributed by atoms with Gasteiger partial charge in [-0.05, 0) is 30.9 Å². The zero-order chi connectivity index (χ0) is 13.2. The van der Waals surface area contributed by atoms with Crippen molar-refractivity contribution in [2.75, 3.05) is 5.43 Å². The van der Waals surface area contributed by atoms with Crippen LogP contribution in [0.15, 0.2) is 23.2 Å². The number of sulfonamides is 1. The topological polar surface area (TPSA) is 97.1 Å². The number of nitrogens with two attached hydrogens (primary N) is 1. The highest BCUT2D eigenvalue weighted by molar-refractivity contribution is 7.89. The molecule has 0 spiro atoms. The number of nitrogens with zero attached hydrogens (tertiary/aromatic N) is 1. The van der Waals surface area contributed by atoms with E-state index in [4.69, 9.17) is 5.84 Å². The Morgan fingerprint density at radius 2 is 2.33 bits per heavy atom. The van der Waals surface area contributed by atoms with Gasteiger partial charge in [-0.2, -0.15) is 0 Å². The summed E-state index contributed by atoms with van der Waals surface area (Å²) in [6, 6.07) is 3.12. The van der Waals surface area contributed by atoms with Crippen LogP contribution in [0.25, 0.3) is 0 Å². The molecule has 0 aliphatic heterocycles. The van der Waals surface area contributed by atoms with E-state index in [1.54, 1.807) is 6.07 Å². The van der Waals surface area contributed by atoms with Crippen molar-refractivity contribution in [3.8, 4) is 0 Å². The molecule has 18 heavy (non-hydrogen) atoms. The lowest BCUT2D eigenvalue weighted by Gasteiger charge is -2.09. The van der Waals surface area contributed by atoms with Crippen molar-refractivity contribution >= 4 is 15.8 Å². The van der Waals surface area contributed by atoms with Gasteiger partial charge in [0.2, 0.25) is 10.0 Å². The number of nitrogens with one attached hydrogen (secondary N) is 2. The molecule has 100 valence electrons. The third kappa shape index (κ3) is 2.80. The van der Waals surface area contributed by atoms with Crippen molar-refractivity contribution < 1.29 is 8.42 Å². The fourth-order valence-electron chi connectivity index (χ4n) is 2.06. The first-order valence-corrected chi connectivity index (χ1v) is 7.50. The molecular formula is C11H18N4O2S. The number of hydrazine groups is 1. The molecular weight excluding hydrogens is 252 g/mol. The Labute approximate surface area is 107 Å². The van der Waals surface area contributed by atoms with E-state index in [0.29, 0.717) is 5.92 Å². The molecule has 4 N–H and O–H groups in total. The zero-order valence-corrected chi connectivity index (χ0v) is 11.1. The van der Waals surface area contributed by atoms with Crippen molar-refractivity contribution in [1.82, 2.24) is 9.71 Å². The van der Waals surface area contributed by atoms with Crippen LogP contribution in [0.3, 0.4) is 0 Å². The van der Waals surface area contributed by atoms with Gasteiger partial charge in [0.15, 0.2) is 5.82 Å². The summed E-state index contributed by atoms with van der Waals surface area (Å²) >= 11 is 0. The second-order valence-corrected chi connectivity index (χ2v) is 6.19. The van der Waals surface area contributed by atoms with Gasteiger partial charge in [-0.25, -0.2) is 24.0 Å². The van der Waals surface area contributed by atoms with E-state index in [2.05, 4.69) is 22.1 Å². The summed E-state index contributed by atoms with van der Waals surface area (Å²) in [7, 11) is -3.55. The van der Waals surface area contributed by atoms with Crippen LogP contribution < -0.4 is 16.0 Å². The second kappa shape index (κ2) is 5.21. The summed E-state index contributed by atoms with van der Waals surface area (Å²) in [6.45, 7) is 2.10. The average Bonchev–Trinajstić information content (AvgIpc) is 3.07. The van der Waals surface area contributed by atoms with Gasteiger partial charge in [-0.15, -0.1) is 0 Å². The van der Waals surface area contributed by atoms with Gasteiger partial charge in [0, 0.05) is 12.2 Å². The highest BCUT2D eigenvalue weighted by atomic mass is 32.2. The van der Waals surface area contributed by atoms with E-state index >= 15 is 0 Å². The molecule has 1 heterocycles. The van der Waals surface area contributed by atoms with E-state index in [0.717, 1.165) is 19.3 Å². The van der Waals surface area contributed by atoms with Crippen molar-refractivity contribution in [2.24, 2.45) is 11.8 Å². The number of rotatable bonds is 6. The number of hydrogen-bond acceptors (Lipinski definition) is 5. The van der Waals surface area contributed by atoms with Gasteiger partial charge in [0.1, 0.15) is 4.90 Å². The van der Waals surface area contributed by atoms with Crippen molar-refractivity contribution in [3.63, 3.8) is 0 Å². The molecule has 0 bridgehead atoms. The minimum atomic E-state index is -3.55. The van der Waals surface area contributed by atoms with Crippen LogP contribution in [0.4, 0.5) is 5.82 Å².